The van der Waals surface area contributed by atoms with Crippen molar-refractivity contribution in [3.05, 3.63) is 35.5 Å². The Morgan fingerprint density at radius 1 is 1.40 bits per heavy atom. The van der Waals surface area contributed by atoms with Crippen LogP contribution in [0.3, 0.4) is 0 Å². The van der Waals surface area contributed by atoms with Crippen LogP contribution in [-0.2, 0) is 0 Å². The first kappa shape index (κ1) is 9.86. The Hall–Kier alpha value is -1.68. The SMILES string of the molecule is COc1ccc(Cl)cc1-n1ccc(O)n1. The van der Waals surface area contributed by atoms with E-state index in [-0.39, 0.29) is 5.88 Å². The second kappa shape index (κ2) is 3.82. The van der Waals surface area contributed by atoms with E-state index in [1.54, 1.807) is 31.5 Å². The summed E-state index contributed by atoms with van der Waals surface area (Å²) in [6, 6.07) is 6.68. The molecule has 0 radical (unpaired) electrons. The minimum Gasteiger partial charge on any atom is -0.494 e. The fourth-order valence-electron chi connectivity index (χ4n) is 1.29. The number of ether oxygens (including phenoxy) is 1. The van der Waals surface area contributed by atoms with Gasteiger partial charge < -0.3 is 9.84 Å². The number of hydrogen-bond donors (Lipinski definition) is 1. The number of benzene rings is 1. The summed E-state index contributed by atoms with van der Waals surface area (Å²) in [5.41, 5.74) is 0.685. The number of hydrogen-bond acceptors (Lipinski definition) is 3. The topological polar surface area (TPSA) is 47.3 Å². The Labute approximate surface area is 91.7 Å². The van der Waals surface area contributed by atoms with Gasteiger partial charge in [0.2, 0.25) is 5.88 Å². The predicted octanol–water partition coefficient (Wildman–Crippen LogP) is 2.24. The Morgan fingerprint density at radius 2 is 2.20 bits per heavy atom. The van der Waals surface area contributed by atoms with Crippen LogP contribution in [-0.4, -0.2) is 22.0 Å². The second-order valence-electron chi connectivity index (χ2n) is 2.93. The molecule has 0 saturated carbocycles. The fraction of sp³-hybridized carbons (Fsp3) is 0.100. The molecule has 0 atom stereocenters. The molecule has 78 valence electrons. The van der Waals surface area contributed by atoms with Gasteiger partial charge in [-0.1, -0.05) is 11.6 Å². The Morgan fingerprint density at radius 3 is 2.80 bits per heavy atom. The van der Waals surface area contributed by atoms with E-state index < -0.39 is 0 Å². The van der Waals surface area contributed by atoms with Crippen molar-refractivity contribution >= 4 is 11.6 Å². The third-order valence-corrected chi connectivity index (χ3v) is 2.20. The molecule has 0 amide bonds. The molecule has 0 aliphatic heterocycles. The first-order valence-electron chi connectivity index (χ1n) is 4.29. The minimum atomic E-state index is -0.0444. The van der Waals surface area contributed by atoms with E-state index in [9.17, 15) is 0 Å². The van der Waals surface area contributed by atoms with E-state index in [1.807, 2.05) is 0 Å². The molecular weight excluding hydrogens is 216 g/mol. The van der Waals surface area contributed by atoms with Crippen LogP contribution in [0.25, 0.3) is 5.69 Å². The third kappa shape index (κ3) is 1.89. The third-order valence-electron chi connectivity index (χ3n) is 1.96. The zero-order valence-corrected chi connectivity index (χ0v) is 8.77. The molecule has 5 heteroatoms. The molecule has 0 saturated heterocycles. The zero-order chi connectivity index (χ0) is 10.8. The maximum atomic E-state index is 9.14. The second-order valence-corrected chi connectivity index (χ2v) is 3.37. The molecule has 0 fully saturated rings. The summed E-state index contributed by atoms with van der Waals surface area (Å²) >= 11 is 5.87. The Bertz CT molecular complexity index is 482. The first-order valence-corrected chi connectivity index (χ1v) is 4.67. The van der Waals surface area contributed by atoms with Gasteiger partial charge in [-0.25, -0.2) is 4.68 Å². The summed E-state index contributed by atoms with van der Waals surface area (Å²) in [4.78, 5) is 0. The van der Waals surface area contributed by atoms with Crippen LogP contribution in [0.4, 0.5) is 0 Å². The van der Waals surface area contributed by atoms with E-state index in [0.717, 1.165) is 0 Å². The summed E-state index contributed by atoms with van der Waals surface area (Å²) in [6.45, 7) is 0. The average Bonchev–Trinajstić information content (AvgIpc) is 2.65. The molecule has 4 nitrogen and oxygen atoms in total. The van der Waals surface area contributed by atoms with Gasteiger partial charge in [-0.2, -0.15) is 0 Å². The zero-order valence-electron chi connectivity index (χ0n) is 8.01. The van der Waals surface area contributed by atoms with Gasteiger partial charge in [0.1, 0.15) is 11.4 Å². The maximum Gasteiger partial charge on any atom is 0.230 e. The highest BCUT2D eigenvalue weighted by Gasteiger charge is 2.07. The minimum absolute atomic E-state index is 0.0444. The van der Waals surface area contributed by atoms with Crippen LogP contribution < -0.4 is 4.74 Å². The molecular formula is C10H9ClN2O2. The van der Waals surface area contributed by atoms with Crippen molar-refractivity contribution < 1.29 is 9.84 Å². The lowest BCUT2D eigenvalue weighted by Crippen LogP contribution is -1.98. The Balaban J connectivity index is 2.55. The van der Waals surface area contributed by atoms with Crippen LogP contribution in [0.2, 0.25) is 5.02 Å². The van der Waals surface area contributed by atoms with Crippen LogP contribution in [0.5, 0.6) is 11.6 Å². The van der Waals surface area contributed by atoms with Gasteiger partial charge in [-0.15, -0.1) is 5.10 Å². The lowest BCUT2D eigenvalue weighted by molar-refractivity contribution is 0.410. The number of rotatable bonds is 2. The van der Waals surface area contributed by atoms with Gasteiger partial charge in [-0.05, 0) is 18.2 Å². The molecule has 1 N–H and O–H groups in total. The molecule has 2 aromatic rings. The van der Waals surface area contributed by atoms with Gasteiger partial charge in [0.05, 0.1) is 7.11 Å². The van der Waals surface area contributed by atoms with Crippen molar-refractivity contribution in [3.63, 3.8) is 0 Å². The van der Waals surface area contributed by atoms with Crippen molar-refractivity contribution in [2.75, 3.05) is 7.11 Å². The predicted molar refractivity (Wildman–Crippen MR) is 56.8 cm³/mol. The smallest absolute Gasteiger partial charge is 0.230 e. The van der Waals surface area contributed by atoms with Crippen LogP contribution in [0, 0.1) is 0 Å². The summed E-state index contributed by atoms with van der Waals surface area (Å²) < 4.78 is 6.66. The molecule has 0 aliphatic rings. The van der Waals surface area contributed by atoms with Crippen molar-refractivity contribution in [2.24, 2.45) is 0 Å². The number of halogens is 1. The molecule has 1 aromatic carbocycles. The molecule has 0 unspecified atom stereocenters. The normalized spacial score (nSPS) is 10.3. The van der Waals surface area contributed by atoms with Gasteiger partial charge in [0, 0.05) is 17.3 Å². The standard InChI is InChI=1S/C10H9ClN2O2/c1-15-9-3-2-7(11)6-8(9)13-5-4-10(14)12-13/h2-6H,1H3,(H,12,14). The van der Waals surface area contributed by atoms with E-state index in [1.165, 1.54) is 10.7 Å². The number of methoxy groups -OCH3 is 1. The molecule has 0 bridgehead atoms. The highest BCUT2D eigenvalue weighted by Crippen LogP contribution is 2.26. The van der Waals surface area contributed by atoms with Gasteiger partial charge >= 0.3 is 0 Å². The van der Waals surface area contributed by atoms with Crippen LogP contribution in [0.1, 0.15) is 0 Å². The summed E-state index contributed by atoms with van der Waals surface area (Å²) in [7, 11) is 1.57. The van der Waals surface area contributed by atoms with E-state index in [2.05, 4.69) is 5.10 Å². The number of aromatic nitrogens is 2. The van der Waals surface area contributed by atoms with E-state index >= 15 is 0 Å². The van der Waals surface area contributed by atoms with Gasteiger partial charge in [-0.3, -0.25) is 0 Å². The largest absolute Gasteiger partial charge is 0.494 e. The summed E-state index contributed by atoms with van der Waals surface area (Å²) in [5.74, 6) is 0.597. The number of aromatic hydroxyl groups is 1. The van der Waals surface area contributed by atoms with Crippen molar-refractivity contribution in [1.82, 2.24) is 9.78 Å². The maximum absolute atomic E-state index is 9.14. The van der Waals surface area contributed by atoms with Crippen molar-refractivity contribution in [2.45, 2.75) is 0 Å². The van der Waals surface area contributed by atoms with Crippen LogP contribution >= 0.6 is 11.6 Å². The molecule has 0 aliphatic carbocycles. The fourth-order valence-corrected chi connectivity index (χ4v) is 1.46. The molecule has 0 spiro atoms. The van der Waals surface area contributed by atoms with Gasteiger partial charge in [0.25, 0.3) is 0 Å². The van der Waals surface area contributed by atoms with Gasteiger partial charge in [0.15, 0.2) is 0 Å². The highest BCUT2D eigenvalue weighted by molar-refractivity contribution is 6.30. The van der Waals surface area contributed by atoms with Crippen molar-refractivity contribution in [1.29, 1.82) is 0 Å². The average molecular weight is 225 g/mol. The van der Waals surface area contributed by atoms with Crippen LogP contribution in [0.15, 0.2) is 30.5 Å². The lowest BCUT2D eigenvalue weighted by atomic mass is 10.3. The van der Waals surface area contributed by atoms with E-state index in [4.69, 9.17) is 21.4 Å². The summed E-state index contributed by atoms with van der Waals surface area (Å²) in [6.07, 6.45) is 1.63. The van der Waals surface area contributed by atoms with E-state index in [0.29, 0.717) is 16.5 Å². The number of nitrogens with zero attached hydrogens (tertiary/aromatic N) is 2. The van der Waals surface area contributed by atoms with Crippen molar-refractivity contribution in [3.8, 4) is 17.3 Å². The monoisotopic (exact) mass is 224 g/mol. The molecule has 2 rings (SSSR count). The molecule has 1 heterocycles. The Kier molecular flexibility index (Phi) is 2.51. The summed E-state index contributed by atoms with van der Waals surface area (Å²) in [5, 5.41) is 13.6. The molecule has 15 heavy (non-hydrogen) atoms. The quantitative estimate of drug-likeness (QED) is 0.851. The molecule has 1 aromatic heterocycles. The highest BCUT2D eigenvalue weighted by atomic mass is 35.5. The lowest BCUT2D eigenvalue weighted by Gasteiger charge is -2.08. The first-order chi connectivity index (χ1) is 7.20.